The standard InChI is InChI=1S/C19H25N3O2S/c1-4-22(16-8-5-7-14(2)13-16)11-10-20-18(23)15(3)21-19(24)17-9-6-12-25-17/h5-9,12-13,15H,4,10-11H2,1-3H3,(H,20,23)(H,21,24)/t15-/m1/s1. The molecule has 0 saturated heterocycles. The van der Waals surface area contributed by atoms with Crippen LogP contribution in [0.2, 0.25) is 0 Å². The molecule has 0 saturated carbocycles. The Morgan fingerprint density at radius 2 is 2.04 bits per heavy atom. The van der Waals surface area contributed by atoms with Gasteiger partial charge in [-0.15, -0.1) is 11.3 Å². The SMILES string of the molecule is CCN(CCNC(=O)[C@@H](C)NC(=O)c1cccs1)c1cccc(C)c1. The number of aryl methyl sites for hydroxylation is 1. The Morgan fingerprint density at radius 3 is 2.68 bits per heavy atom. The van der Waals surface area contributed by atoms with Gasteiger partial charge in [0.15, 0.2) is 0 Å². The zero-order valence-electron chi connectivity index (χ0n) is 14.9. The van der Waals surface area contributed by atoms with Crippen LogP contribution in [0.1, 0.15) is 29.1 Å². The van der Waals surface area contributed by atoms with Gasteiger partial charge in [0.25, 0.3) is 5.91 Å². The average molecular weight is 359 g/mol. The molecule has 0 radical (unpaired) electrons. The van der Waals surface area contributed by atoms with Crippen LogP contribution in [0.25, 0.3) is 0 Å². The predicted octanol–water partition coefficient (Wildman–Crippen LogP) is 2.82. The normalized spacial score (nSPS) is 11.6. The number of likely N-dealkylation sites (N-methyl/N-ethyl adjacent to an activating group) is 1. The molecule has 0 fully saturated rings. The van der Waals surface area contributed by atoms with Gasteiger partial charge in [-0.1, -0.05) is 18.2 Å². The summed E-state index contributed by atoms with van der Waals surface area (Å²) < 4.78 is 0. The summed E-state index contributed by atoms with van der Waals surface area (Å²) >= 11 is 1.36. The van der Waals surface area contributed by atoms with E-state index in [9.17, 15) is 9.59 Å². The van der Waals surface area contributed by atoms with Crippen molar-refractivity contribution in [3.8, 4) is 0 Å². The van der Waals surface area contributed by atoms with E-state index < -0.39 is 6.04 Å². The Hall–Kier alpha value is -2.34. The first kappa shape index (κ1) is 19.0. The van der Waals surface area contributed by atoms with Crippen molar-refractivity contribution in [1.29, 1.82) is 0 Å². The number of thiophene rings is 1. The van der Waals surface area contributed by atoms with Gasteiger partial charge in [-0.25, -0.2) is 0 Å². The molecule has 2 amide bonds. The van der Waals surface area contributed by atoms with Crippen molar-refractivity contribution in [2.24, 2.45) is 0 Å². The van der Waals surface area contributed by atoms with Crippen molar-refractivity contribution < 1.29 is 9.59 Å². The highest BCUT2D eigenvalue weighted by atomic mass is 32.1. The summed E-state index contributed by atoms with van der Waals surface area (Å²) in [6, 6.07) is 11.3. The van der Waals surface area contributed by atoms with Gasteiger partial charge in [-0.3, -0.25) is 9.59 Å². The van der Waals surface area contributed by atoms with E-state index in [1.165, 1.54) is 16.9 Å². The maximum atomic E-state index is 12.2. The van der Waals surface area contributed by atoms with Crippen molar-refractivity contribution in [3.63, 3.8) is 0 Å². The topological polar surface area (TPSA) is 61.4 Å². The number of carbonyl (C=O) groups is 2. The number of rotatable bonds is 8. The Kier molecular flexibility index (Phi) is 7.01. The second kappa shape index (κ2) is 9.22. The van der Waals surface area contributed by atoms with Crippen LogP contribution in [0.15, 0.2) is 41.8 Å². The van der Waals surface area contributed by atoms with E-state index >= 15 is 0 Å². The Labute approximate surface area is 153 Å². The Morgan fingerprint density at radius 1 is 1.24 bits per heavy atom. The third-order valence-electron chi connectivity index (χ3n) is 3.92. The highest BCUT2D eigenvalue weighted by Gasteiger charge is 2.17. The number of carbonyl (C=O) groups excluding carboxylic acids is 2. The number of benzene rings is 1. The number of hydrogen-bond acceptors (Lipinski definition) is 4. The van der Waals surface area contributed by atoms with E-state index in [-0.39, 0.29) is 11.8 Å². The molecule has 5 nitrogen and oxygen atoms in total. The number of hydrogen-bond donors (Lipinski definition) is 2. The van der Waals surface area contributed by atoms with E-state index in [4.69, 9.17) is 0 Å². The molecule has 6 heteroatoms. The van der Waals surface area contributed by atoms with Gasteiger partial charge in [-0.05, 0) is 49.9 Å². The molecular weight excluding hydrogens is 334 g/mol. The van der Waals surface area contributed by atoms with Crippen LogP contribution >= 0.6 is 11.3 Å². The highest BCUT2D eigenvalue weighted by molar-refractivity contribution is 7.12. The molecule has 2 rings (SSSR count). The Bertz CT molecular complexity index is 700. The molecule has 1 heterocycles. The van der Waals surface area contributed by atoms with E-state index in [0.29, 0.717) is 11.4 Å². The molecule has 25 heavy (non-hydrogen) atoms. The number of nitrogens with one attached hydrogen (secondary N) is 2. The minimum absolute atomic E-state index is 0.176. The summed E-state index contributed by atoms with van der Waals surface area (Å²) in [5.41, 5.74) is 2.36. The molecule has 0 aliphatic heterocycles. The van der Waals surface area contributed by atoms with Crippen LogP contribution in [0.4, 0.5) is 5.69 Å². The molecule has 1 aromatic carbocycles. The minimum Gasteiger partial charge on any atom is -0.370 e. The lowest BCUT2D eigenvalue weighted by molar-refractivity contribution is -0.122. The van der Waals surface area contributed by atoms with Gasteiger partial charge in [-0.2, -0.15) is 0 Å². The first-order valence-electron chi connectivity index (χ1n) is 8.45. The fourth-order valence-electron chi connectivity index (χ4n) is 2.50. The predicted molar refractivity (Wildman–Crippen MR) is 103 cm³/mol. The van der Waals surface area contributed by atoms with Crippen molar-refractivity contribution in [2.45, 2.75) is 26.8 Å². The van der Waals surface area contributed by atoms with Crippen molar-refractivity contribution >= 4 is 28.8 Å². The summed E-state index contributed by atoms with van der Waals surface area (Å²) in [6.45, 7) is 7.96. The molecule has 2 aromatic rings. The summed E-state index contributed by atoms with van der Waals surface area (Å²) in [5, 5.41) is 7.45. The molecule has 0 bridgehead atoms. The van der Waals surface area contributed by atoms with E-state index in [2.05, 4.69) is 47.6 Å². The molecule has 0 aliphatic rings. The molecule has 134 valence electrons. The number of anilines is 1. The number of nitrogens with zero attached hydrogens (tertiary/aromatic N) is 1. The average Bonchev–Trinajstić information content (AvgIpc) is 3.13. The second-order valence-corrected chi connectivity index (χ2v) is 6.83. The third-order valence-corrected chi connectivity index (χ3v) is 4.78. The van der Waals surface area contributed by atoms with Crippen molar-refractivity contribution in [3.05, 3.63) is 52.2 Å². The monoisotopic (exact) mass is 359 g/mol. The van der Waals surface area contributed by atoms with Crippen LogP contribution in [0.3, 0.4) is 0 Å². The van der Waals surface area contributed by atoms with E-state index in [1.54, 1.807) is 13.0 Å². The highest BCUT2D eigenvalue weighted by Crippen LogP contribution is 2.15. The molecule has 1 atom stereocenters. The molecule has 0 spiro atoms. The van der Waals surface area contributed by atoms with Crippen LogP contribution < -0.4 is 15.5 Å². The van der Waals surface area contributed by atoms with Crippen LogP contribution in [-0.4, -0.2) is 37.5 Å². The molecule has 0 unspecified atom stereocenters. The smallest absolute Gasteiger partial charge is 0.261 e. The van der Waals surface area contributed by atoms with Crippen molar-refractivity contribution in [2.75, 3.05) is 24.5 Å². The maximum absolute atomic E-state index is 12.2. The fraction of sp³-hybridized carbons (Fsp3) is 0.368. The lowest BCUT2D eigenvalue weighted by Gasteiger charge is -2.24. The zero-order chi connectivity index (χ0) is 18.2. The van der Waals surface area contributed by atoms with Crippen LogP contribution in [0.5, 0.6) is 0 Å². The van der Waals surface area contributed by atoms with Gasteiger partial charge in [0.05, 0.1) is 4.88 Å². The second-order valence-electron chi connectivity index (χ2n) is 5.88. The molecule has 2 N–H and O–H groups in total. The van der Waals surface area contributed by atoms with Gasteiger partial charge in [0.1, 0.15) is 6.04 Å². The van der Waals surface area contributed by atoms with Gasteiger partial charge in [0, 0.05) is 25.3 Å². The largest absolute Gasteiger partial charge is 0.370 e. The summed E-state index contributed by atoms with van der Waals surface area (Å²) in [4.78, 5) is 27.0. The Balaban J connectivity index is 1.79. The lowest BCUT2D eigenvalue weighted by atomic mass is 10.2. The van der Waals surface area contributed by atoms with Crippen LogP contribution in [-0.2, 0) is 4.79 Å². The maximum Gasteiger partial charge on any atom is 0.261 e. The van der Waals surface area contributed by atoms with E-state index in [0.717, 1.165) is 18.8 Å². The van der Waals surface area contributed by atoms with Crippen molar-refractivity contribution in [1.82, 2.24) is 10.6 Å². The molecule has 0 aliphatic carbocycles. The summed E-state index contributed by atoms with van der Waals surface area (Å²) in [5.74, 6) is -0.391. The minimum atomic E-state index is -0.566. The summed E-state index contributed by atoms with van der Waals surface area (Å²) in [7, 11) is 0. The van der Waals surface area contributed by atoms with Crippen LogP contribution in [0, 0.1) is 6.92 Å². The van der Waals surface area contributed by atoms with Gasteiger partial charge >= 0.3 is 0 Å². The van der Waals surface area contributed by atoms with Gasteiger partial charge < -0.3 is 15.5 Å². The lowest BCUT2D eigenvalue weighted by Crippen LogP contribution is -2.46. The fourth-order valence-corrected chi connectivity index (χ4v) is 3.13. The summed E-state index contributed by atoms with van der Waals surface area (Å²) in [6.07, 6.45) is 0. The first-order chi connectivity index (χ1) is 12.0. The van der Waals surface area contributed by atoms with Gasteiger partial charge in [0.2, 0.25) is 5.91 Å². The first-order valence-corrected chi connectivity index (χ1v) is 9.33. The third kappa shape index (κ3) is 5.60. The molecule has 1 aromatic heterocycles. The zero-order valence-corrected chi connectivity index (χ0v) is 15.7. The number of amides is 2. The quantitative estimate of drug-likeness (QED) is 0.762. The van der Waals surface area contributed by atoms with E-state index in [1.807, 2.05) is 17.5 Å². The molecular formula is C19H25N3O2S.